The van der Waals surface area contributed by atoms with E-state index in [4.69, 9.17) is 18.6 Å². The van der Waals surface area contributed by atoms with Crippen LogP contribution in [-0.2, 0) is 0 Å². The fourth-order valence-electron chi connectivity index (χ4n) is 3.40. The summed E-state index contributed by atoms with van der Waals surface area (Å²) in [6.45, 7) is 0.410. The SMILES string of the molecule is COc1cc2c(cc1OC)C(C(=O)c1ccc3occc3c1O)CCO2. The van der Waals surface area contributed by atoms with Crippen molar-refractivity contribution in [3.8, 4) is 23.0 Å². The highest BCUT2D eigenvalue weighted by atomic mass is 16.5. The molecule has 0 spiro atoms. The maximum Gasteiger partial charge on any atom is 0.174 e. The second-order valence-electron chi connectivity index (χ2n) is 6.09. The number of furan rings is 1. The summed E-state index contributed by atoms with van der Waals surface area (Å²) < 4.78 is 21.6. The largest absolute Gasteiger partial charge is 0.506 e. The summed E-state index contributed by atoms with van der Waals surface area (Å²) in [7, 11) is 3.09. The first-order valence-corrected chi connectivity index (χ1v) is 8.26. The Bertz CT molecular complexity index is 987. The summed E-state index contributed by atoms with van der Waals surface area (Å²) in [5, 5.41) is 11.0. The molecule has 0 radical (unpaired) electrons. The molecule has 0 aliphatic carbocycles. The van der Waals surface area contributed by atoms with E-state index in [1.807, 2.05) is 0 Å². The van der Waals surface area contributed by atoms with E-state index in [9.17, 15) is 9.90 Å². The zero-order chi connectivity index (χ0) is 18.3. The Balaban J connectivity index is 1.79. The smallest absolute Gasteiger partial charge is 0.174 e. The third-order valence-electron chi connectivity index (χ3n) is 4.74. The number of ether oxygens (including phenoxy) is 3. The molecule has 1 aliphatic heterocycles. The molecular weight excluding hydrogens is 336 g/mol. The van der Waals surface area contributed by atoms with Gasteiger partial charge in [0.1, 0.15) is 17.1 Å². The molecule has 1 aromatic heterocycles. The lowest BCUT2D eigenvalue weighted by Crippen LogP contribution is -2.22. The van der Waals surface area contributed by atoms with Crippen molar-refractivity contribution in [1.29, 1.82) is 0 Å². The van der Waals surface area contributed by atoms with Gasteiger partial charge >= 0.3 is 0 Å². The number of phenols is 1. The van der Waals surface area contributed by atoms with Gasteiger partial charge in [-0.05, 0) is 30.7 Å². The molecule has 6 nitrogen and oxygen atoms in total. The second kappa shape index (κ2) is 6.29. The zero-order valence-electron chi connectivity index (χ0n) is 14.4. The van der Waals surface area contributed by atoms with E-state index >= 15 is 0 Å². The first-order chi connectivity index (χ1) is 12.6. The molecule has 0 fully saturated rings. The van der Waals surface area contributed by atoms with Gasteiger partial charge in [0.05, 0.1) is 44.0 Å². The van der Waals surface area contributed by atoms with Crippen LogP contribution in [0.2, 0.25) is 0 Å². The topological polar surface area (TPSA) is 78.1 Å². The number of benzene rings is 2. The molecule has 6 heteroatoms. The predicted octanol–water partition coefficient (Wildman–Crippen LogP) is 3.90. The summed E-state index contributed by atoms with van der Waals surface area (Å²) in [5.41, 5.74) is 1.54. The van der Waals surface area contributed by atoms with Gasteiger partial charge in [-0.25, -0.2) is 0 Å². The van der Waals surface area contributed by atoms with Gasteiger partial charge in [0.25, 0.3) is 0 Å². The Morgan fingerprint density at radius 3 is 2.69 bits per heavy atom. The van der Waals surface area contributed by atoms with Crippen molar-refractivity contribution >= 4 is 16.8 Å². The van der Waals surface area contributed by atoms with Gasteiger partial charge in [0, 0.05) is 11.6 Å². The molecule has 3 aromatic rings. The van der Waals surface area contributed by atoms with Crippen LogP contribution in [0.3, 0.4) is 0 Å². The lowest BCUT2D eigenvalue weighted by Gasteiger charge is -2.26. The number of phenolic OH excluding ortho intramolecular Hbond substituents is 1. The van der Waals surface area contributed by atoms with Crippen LogP contribution in [0.25, 0.3) is 11.0 Å². The molecule has 26 heavy (non-hydrogen) atoms. The number of aromatic hydroxyl groups is 1. The number of hydrogen-bond acceptors (Lipinski definition) is 6. The Kier molecular flexibility index (Phi) is 3.95. The molecule has 0 amide bonds. The van der Waals surface area contributed by atoms with E-state index in [1.54, 1.807) is 44.6 Å². The molecule has 134 valence electrons. The first kappa shape index (κ1) is 16.3. The van der Waals surface area contributed by atoms with Crippen LogP contribution in [0.5, 0.6) is 23.0 Å². The summed E-state index contributed by atoms with van der Waals surface area (Å²) in [6.07, 6.45) is 2.00. The van der Waals surface area contributed by atoms with Crippen molar-refractivity contribution in [3.05, 3.63) is 47.7 Å². The van der Waals surface area contributed by atoms with E-state index in [-0.39, 0.29) is 17.1 Å². The van der Waals surface area contributed by atoms with Gasteiger partial charge in [-0.15, -0.1) is 0 Å². The molecule has 1 aliphatic rings. The number of methoxy groups -OCH3 is 2. The van der Waals surface area contributed by atoms with Gasteiger partial charge in [0.15, 0.2) is 17.3 Å². The Hall–Kier alpha value is -3.15. The van der Waals surface area contributed by atoms with Gasteiger partial charge in [-0.2, -0.15) is 0 Å². The third-order valence-corrected chi connectivity index (χ3v) is 4.74. The van der Waals surface area contributed by atoms with Crippen LogP contribution in [-0.4, -0.2) is 31.7 Å². The van der Waals surface area contributed by atoms with Crippen LogP contribution in [0, 0.1) is 0 Å². The van der Waals surface area contributed by atoms with Gasteiger partial charge in [-0.3, -0.25) is 4.79 Å². The average Bonchev–Trinajstić information content (AvgIpc) is 3.16. The molecule has 0 saturated carbocycles. The minimum absolute atomic E-state index is 0.0604. The number of carbonyl (C=O) groups excluding carboxylic acids is 1. The van der Waals surface area contributed by atoms with Crippen molar-refractivity contribution in [2.45, 2.75) is 12.3 Å². The van der Waals surface area contributed by atoms with Gasteiger partial charge < -0.3 is 23.7 Å². The minimum atomic E-state index is -0.436. The normalized spacial score (nSPS) is 16.0. The van der Waals surface area contributed by atoms with E-state index < -0.39 is 5.92 Å². The number of rotatable bonds is 4. The Labute approximate surface area is 149 Å². The Morgan fingerprint density at radius 2 is 1.92 bits per heavy atom. The van der Waals surface area contributed by atoms with Crippen LogP contribution >= 0.6 is 0 Å². The van der Waals surface area contributed by atoms with Crippen LogP contribution < -0.4 is 14.2 Å². The summed E-state index contributed by atoms with van der Waals surface area (Å²) in [5.74, 6) is 1.01. The molecule has 4 rings (SSSR count). The van der Waals surface area contributed by atoms with Crippen molar-refractivity contribution in [1.82, 2.24) is 0 Å². The summed E-state index contributed by atoms with van der Waals surface area (Å²) in [4.78, 5) is 13.2. The summed E-state index contributed by atoms with van der Waals surface area (Å²) in [6, 6.07) is 8.43. The maximum absolute atomic E-state index is 13.2. The molecule has 2 aromatic carbocycles. The lowest BCUT2D eigenvalue weighted by atomic mass is 9.85. The van der Waals surface area contributed by atoms with Crippen LogP contribution in [0.4, 0.5) is 0 Å². The fourth-order valence-corrected chi connectivity index (χ4v) is 3.40. The lowest BCUT2D eigenvalue weighted by molar-refractivity contribution is 0.0930. The molecule has 0 bridgehead atoms. The van der Waals surface area contributed by atoms with Gasteiger partial charge in [-0.1, -0.05) is 0 Å². The minimum Gasteiger partial charge on any atom is -0.506 e. The van der Waals surface area contributed by atoms with E-state index in [1.165, 1.54) is 6.26 Å². The number of carbonyl (C=O) groups is 1. The van der Waals surface area contributed by atoms with Crippen LogP contribution in [0.15, 0.2) is 41.0 Å². The molecule has 1 unspecified atom stereocenters. The highest BCUT2D eigenvalue weighted by Crippen LogP contribution is 2.44. The van der Waals surface area contributed by atoms with Crippen molar-refractivity contribution in [3.63, 3.8) is 0 Å². The number of ketones is 1. The molecule has 0 saturated heterocycles. The highest BCUT2D eigenvalue weighted by molar-refractivity contribution is 6.07. The number of Topliss-reactive ketones (excluding diaryl/α,β-unsaturated/α-hetero) is 1. The monoisotopic (exact) mass is 354 g/mol. The quantitative estimate of drug-likeness (QED) is 0.716. The van der Waals surface area contributed by atoms with Gasteiger partial charge in [0.2, 0.25) is 0 Å². The molecule has 1 atom stereocenters. The predicted molar refractivity (Wildman–Crippen MR) is 94.6 cm³/mol. The Morgan fingerprint density at radius 1 is 1.15 bits per heavy atom. The average molecular weight is 354 g/mol. The van der Waals surface area contributed by atoms with E-state index in [0.29, 0.717) is 41.2 Å². The zero-order valence-corrected chi connectivity index (χ0v) is 14.4. The highest BCUT2D eigenvalue weighted by Gasteiger charge is 2.32. The first-order valence-electron chi connectivity index (χ1n) is 8.26. The molecule has 1 N–H and O–H groups in total. The maximum atomic E-state index is 13.2. The van der Waals surface area contributed by atoms with Crippen molar-refractivity contribution < 1.29 is 28.5 Å². The van der Waals surface area contributed by atoms with Crippen molar-refractivity contribution in [2.75, 3.05) is 20.8 Å². The van der Waals surface area contributed by atoms with Crippen LogP contribution in [0.1, 0.15) is 28.3 Å². The summed E-state index contributed by atoms with van der Waals surface area (Å²) >= 11 is 0. The number of fused-ring (bicyclic) bond motifs is 2. The van der Waals surface area contributed by atoms with E-state index in [0.717, 1.165) is 5.56 Å². The third kappa shape index (κ3) is 2.45. The standard InChI is InChI=1S/C20H18O6/c1-23-17-9-14-11(5-7-26-16(14)10-18(17)24-2)19(21)13-3-4-15-12(20(13)22)6-8-25-15/h3-4,6,8-11,22H,5,7H2,1-2H3. The second-order valence-corrected chi connectivity index (χ2v) is 6.09. The molecule has 2 heterocycles. The number of hydrogen-bond donors (Lipinski definition) is 1. The van der Waals surface area contributed by atoms with E-state index in [2.05, 4.69) is 0 Å². The fraction of sp³-hybridized carbons (Fsp3) is 0.250. The molecular formula is C20H18O6. The van der Waals surface area contributed by atoms with Crippen molar-refractivity contribution in [2.24, 2.45) is 0 Å².